The highest BCUT2D eigenvalue weighted by Gasteiger charge is 2.04. The standard InChI is InChI=1S/C30H24.C2H6/c1-3-24(28-18-20-30(21-19-28)27-12-8-5-9-13-27)22-23(2)25-14-16-29(17-15-25)26-10-6-4-7-11-26;1-2/h3-22H,1-2H2;1-2H3/b24-22+;. The summed E-state index contributed by atoms with van der Waals surface area (Å²) in [7, 11) is 0. The van der Waals surface area contributed by atoms with Gasteiger partial charge >= 0.3 is 0 Å². The third-order valence-corrected chi connectivity index (χ3v) is 5.24. The van der Waals surface area contributed by atoms with Gasteiger partial charge in [0.1, 0.15) is 0 Å². The lowest BCUT2D eigenvalue weighted by atomic mass is 9.96. The maximum atomic E-state index is 4.28. The van der Waals surface area contributed by atoms with Crippen molar-refractivity contribution in [1.82, 2.24) is 0 Å². The Morgan fingerprint density at radius 3 is 1.31 bits per heavy atom. The van der Waals surface area contributed by atoms with Crippen LogP contribution < -0.4 is 0 Å². The lowest BCUT2D eigenvalue weighted by Crippen LogP contribution is -1.86. The van der Waals surface area contributed by atoms with Gasteiger partial charge in [0, 0.05) is 0 Å². The molecule has 0 N–H and O–H groups in total. The fraction of sp³-hybridized carbons (Fsp3) is 0.0625. The van der Waals surface area contributed by atoms with Gasteiger partial charge < -0.3 is 0 Å². The van der Waals surface area contributed by atoms with Crippen LogP contribution in [0.3, 0.4) is 0 Å². The molecule has 0 aliphatic carbocycles. The van der Waals surface area contributed by atoms with Crippen LogP contribution in [0.25, 0.3) is 33.4 Å². The van der Waals surface area contributed by atoms with Crippen LogP contribution in [0.2, 0.25) is 0 Å². The van der Waals surface area contributed by atoms with Gasteiger partial charge in [-0.1, -0.05) is 142 Å². The molecule has 0 saturated heterocycles. The van der Waals surface area contributed by atoms with E-state index in [1.807, 2.05) is 32.1 Å². The van der Waals surface area contributed by atoms with Crippen molar-refractivity contribution in [2.24, 2.45) is 0 Å². The molecule has 0 bridgehead atoms. The van der Waals surface area contributed by atoms with Gasteiger partial charge in [-0.2, -0.15) is 0 Å². The van der Waals surface area contributed by atoms with E-state index < -0.39 is 0 Å². The molecular weight excluding hydrogens is 384 g/mol. The van der Waals surface area contributed by atoms with E-state index in [1.165, 1.54) is 22.3 Å². The molecule has 0 heterocycles. The molecule has 4 aromatic carbocycles. The summed E-state index contributed by atoms with van der Waals surface area (Å²) in [4.78, 5) is 0. The van der Waals surface area contributed by atoms with E-state index >= 15 is 0 Å². The SMILES string of the molecule is C=C/C(=C\C(=C)c1ccc(-c2ccccc2)cc1)c1ccc(-c2ccccc2)cc1.CC. The Hall–Kier alpha value is -3.90. The van der Waals surface area contributed by atoms with Gasteiger partial charge in [-0.05, 0) is 50.6 Å². The predicted molar refractivity (Wildman–Crippen MR) is 142 cm³/mol. The third kappa shape index (κ3) is 5.62. The summed E-state index contributed by atoms with van der Waals surface area (Å²) in [5.74, 6) is 0. The van der Waals surface area contributed by atoms with Crippen LogP contribution in [0.15, 0.2) is 135 Å². The predicted octanol–water partition coefficient (Wildman–Crippen LogP) is 9.33. The smallest absolute Gasteiger partial charge is 0.0184 e. The monoisotopic (exact) mass is 414 g/mol. The molecule has 158 valence electrons. The van der Waals surface area contributed by atoms with Crippen LogP contribution in [0.1, 0.15) is 25.0 Å². The van der Waals surface area contributed by atoms with E-state index in [-0.39, 0.29) is 0 Å². The number of hydrogen-bond acceptors (Lipinski definition) is 0. The van der Waals surface area contributed by atoms with Gasteiger partial charge in [0.2, 0.25) is 0 Å². The first-order valence-electron chi connectivity index (χ1n) is 11.1. The summed E-state index contributed by atoms with van der Waals surface area (Å²) in [6, 6.07) is 37.9. The normalized spacial score (nSPS) is 10.6. The average Bonchev–Trinajstić information content (AvgIpc) is 2.89. The highest BCUT2D eigenvalue weighted by Crippen LogP contribution is 2.27. The first-order valence-corrected chi connectivity index (χ1v) is 11.1. The summed E-state index contributed by atoms with van der Waals surface area (Å²) < 4.78 is 0. The zero-order chi connectivity index (χ0) is 22.8. The summed E-state index contributed by atoms with van der Waals surface area (Å²) in [5.41, 5.74) is 9.12. The Balaban J connectivity index is 0.00000141. The van der Waals surface area contributed by atoms with Crippen molar-refractivity contribution in [3.05, 3.63) is 146 Å². The van der Waals surface area contributed by atoms with Crippen LogP contribution >= 0.6 is 0 Å². The molecular formula is C32H30. The minimum Gasteiger partial charge on any atom is -0.0984 e. The van der Waals surface area contributed by atoms with E-state index in [1.54, 1.807) is 0 Å². The largest absolute Gasteiger partial charge is 0.0984 e. The summed E-state index contributed by atoms with van der Waals surface area (Å²) in [5, 5.41) is 0. The Kier molecular flexibility index (Phi) is 8.17. The lowest BCUT2D eigenvalue weighted by Gasteiger charge is -2.08. The number of hydrogen-bond donors (Lipinski definition) is 0. The van der Waals surface area contributed by atoms with Crippen molar-refractivity contribution in [3.63, 3.8) is 0 Å². The van der Waals surface area contributed by atoms with Crippen LogP contribution in [0.5, 0.6) is 0 Å². The second kappa shape index (κ2) is 11.5. The third-order valence-electron chi connectivity index (χ3n) is 5.24. The average molecular weight is 415 g/mol. The van der Waals surface area contributed by atoms with Gasteiger partial charge in [0.15, 0.2) is 0 Å². The Morgan fingerprint density at radius 2 is 0.906 bits per heavy atom. The van der Waals surface area contributed by atoms with E-state index in [0.717, 1.165) is 22.3 Å². The highest BCUT2D eigenvalue weighted by atomic mass is 14.1. The van der Waals surface area contributed by atoms with Crippen molar-refractivity contribution in [1.29, 1.82) is 0 Å². The molecule has 0 radical (unpaired) electrons. The number of rotatable bonds is 6. The summed E-state index contributed by atoms with van der Waals surface area (Å²) >= 11 is 0. The Morgan fingerprint density at radius 1 is 0.531 bits per heavy atom. The van der Waals surface area contributed by atoms with Crippen LogP contribution in [0, 0.1) is 0 Å². The van der Waals surface area contributed by atoms with E-state index in [2.05, 4.69) is 116 Å². The second-order valence-electron chi connectivity index (χ2n) is 7.22. The van der Waals surface area contributed by atoms with Crippen molar-refractivity contribution >= 4 is 11.1 Å². The van der Waals surface area contributed by atoms with Crippen LogP contribution in [-0.4, -0.2) is 0 Å². The summed E-state index contributed by atoms with van der Waals surface area (Å²) in [6.07, 6.45) is 3.99. The van der Waals surface area contributed by atoms with Crippen LogP contribution in [0.4, 0.5) is 0 Å². The van der Waals surface area contributed by atoms with E-state index in [9.17, 15) is 0 Å². The lowest BCUT2D eigenvalue weighted by molar-refractivity contribution is 1.50. The minimum atomic E-state index is 0.969. The number of benzene rings is 4. The fourth-order valence-corrected chi connectivity index (χ4v) is 3.52. The van der Waals surface area contributed by atoms with Gasteiger partial charge in [-0.25, -0.2) is 0 Å². The molecule has 0 aliphatic rings. The van der Waals surface area contributed by atoms with Gasteiger partial charge in [0.05, 0.1) is 0 Å². The summed E-state index contributed by atoms with van der Waals surface area (Å²) in [6.45, 7) is 12.3. The molecule has 0 unspecified atom stereocenters. The van der Waals surface area contributed by atoms with Crippen molar-refractivity contribution < 1.29 is 0 Å². The molecule has 0 atom stereocenters. The molecule has 0 spiro atoms. The second-order valence-corrected chi connectivity index (χ2v) is 7.22. The molecule has 0 fully saturated rings. The van der Waals surface area contributed by atoms with Gasteiger partial charge in [0.25, 0.3) is 0 Å². The zero-order valence-corrected chi connectivity index (χ0v) is 19.0. The van der Waals surface area contributed by atoms with Gasteiger partial charge in [-0.15, -0.1) is 0 Å². The van der Waals surface area contributed by atoms with Crippen LogP contribution in [-0.2, 0) is 0 Å². The Bertz CT molecular complexity index is 1160. The molecule has 0 saturated carbocycles. The quantitative estimate of drug-likeness (QED) is 0.276. The maximum absolute atomic E-state index is 4.28. The molecule has 0 heteroatoms. The fourth-order valence-electron chi connectivity index (χ4n) is 3.52. The topological polar surface area (TPSA) is 0 Å². The molecule has 0 amide bonds. The maximum Gasteiger partial charge on any atom is -0.0184 e. The van der Waals surface area contributed by atoms with Crippen molar-refractivity contribution in [2.75, 3.05) is 0 Å². The minimum absolute atomic E-state index is 0.969. The van der Waals surface area contributed by atoms with Gasteiger partial charge in [-0.3, -0.25) is 0 Å². The molecule has 32 heavy (non-hydrogen) atoms. The van der Waals surface area contributed by atoms with Crippen molar-refractivity contribution in [3.8, 4) is 22.3 Å². The molecule has 4 rings (SSSR count). The van der Waals surface area contributed by atoms with E-state index in [0.29, 0.717) is 0 Å². The highest BCUT2D eigenvalue weighted by molar-refractivity contribution is 5.87. The number of allylic oxidation sites excluding steroid dienone is 4. The first-order chi connectivity index (χ1) is 15.7. The molecule has 4 aromatic rings. The first kappa shape index (κ1) is 22.8. The Labute approximate surface area is 192 Å². The van der Waals surface area contributed by atoms with E-state index in [4.69, 9.17) is 0 Å². The molecule has 0 aromatic heterocycles. The zero-order valence-electron chi connectivity index (χ0n) is 19.0. The van der Waals surface area contributed by atoms with Crippen molar-refractivity contribution in [2.45, 2.75) is 13.8 Å². The molecule has 0 aliphatic heterocycles. The molecule has 0 nitrogen and oxygen atoms in total.